The van der Waals surface area contributed by atoms with Crippen LogP contribution in [0.15, 0.2) is 49.7 Å². The van der Waals surface area contributed by atoms with E-state index in [1.165, 1.54) is 72.3 Å². The highest BCUT2D eigenvalue weighted by atomic mass is 35.5. The van der Waals surface area contributed by atoms with Crippen LogP contribution in [0.25, 0.3) is 22.2 Å². The fourth-order valence-corrected chi connectivity index (χ4v) is 7.11. The van der Waals surface area contributed by atoms with Crippen LogP contribution in [0.2, 0.25) is 0 Å². The lowest BCUT2D eigenvalue weighted by Crippen LogP contribution is -2.46. The monoisotopic (exact) mass is 957 g/mol. The Bertz CT molecular complexity index is 2480. The average molecular weight is 959 g/mol. The predicted octanol–water partition coefficient (Wildman–Crippen LogP) is 3.19. The lowest BCUT2D eigenvalue weighted by molar-refractivity contribution is -0.138. The maximum absolute atomic E-state index is 13.0. The van der Waals surface area contributed by atoms with Crippen LogP contribution in [-0.2, 0) is 58.5 Å². The molecule has 6 heterocycles. The van der Waals surface area contributed by atoms with Crippen LogP contribution in [-0.4, -0.2) is 110 Å². The number of likely N-dealkylation sites (tertiary alicyclic amines) is 1. The number of aryl methyl sites for hydroxylation is 2. The molecule has 22 heteroatoms. The number of hydrogen-bond acceptors (Lipinski definition) is 14. The van der Waals surface area contributed by atoms with E-state index in [0.717, 1.165) is 39.0 Å². The molecule has 65 heavy (non-hydrogen) atoms. The average Bonchev–Trinajstić information content (AvgIpc) is 3.30. The number of alkyl halides is 2. The minimum absolute atomic E-state index is 0.000000000000000444. The van der Waals surface area contributed by atoms with Gasteiger partial charge in [-0.25, -0.2) is 37.4 Å². The van der Waals surface area contributed by atoms with Crippen molar-refractivity contribution in [3.05, 3.63) is 85.8 Å². The summed E-state index contributed by atoms with van der Waals surface area (Å²) in [4.78, 5) is 101. The Kier molecular flexibility index (Phi) is 25.6. The summed E-state index contributed by atoms with van der Waals surface area (Å²) in [5.74, 6) is -1.61. The lowest BCUT2D eigenvalue weighted by atomic mass is 10.1. The number of fused-ring (bicyclic) bond motifs is 2. The van der Waals surface area contributed by atoms with Crippen molar-refractivity contribution in [1.82, 2.24) is 33.4 Å². The summed E-state index contributed by atoms with van der Waals surface area (Å²) in [7, 11) is 2.70. The molecule has 0 unspecified atom stereocenters. The van der Waals surface area contributed by atoms with Crippen LogP contribution in [0.1, 0.15) is 84.3 Å². The Morgan fingerprint density at radius 2 is 1.06 bits per heavy atom. The van der Waals surface area contributed by atoms with E-state index in [1.54, 1.807) is 18.7 Å². The molecule has 2 saturated heterocycles. The number of ether oxygens (including phenoxy) is 2. The quantitative estimate of drug-likeness (QED) is 0.183. The first kappa shape index (κ1) is 56.3. The molecule has 2 N–H and O–H groups in total. The number of nitrogens with zero attached hydrogens (tertiary/aromatic N) is 6. The number of methoxy groups -OCH3 is 2. The van der Waals surface area contributed by atoms with E-state index in [4.69, 9.17) is 46.6 Å². The zero-order valence-electron chi connectivity index (χ0n) is 38.6. The van der Waals surface area contributed by atoms with Gasteiger partial charge in [0.1, 0.15) is 37.3 Å². The molecule has 2 aliphatic rings. The van der Waals surface area contributed by atoms with Crippen molar-refractivity contribution in [2.24, 2.45) is 0 Å². The van der Waals surface area contributed by atoms with E-state index >= 15 is 0 Å². The van der Waals surface area contributed by atoms with Gasteiger partial charge < -0.3 is 38.5 Å². The van der Waals surface area contributed by atoms with Crippen molar-refractivity contribution in [3.63, 3.8) is 0 Å². The molecule has 4 aromatic rings. The van der Waals surface area contributed by atoms with Crippen LogP contribution in [0, 0.1) is 0 Å². The van der Waals surface area contributed by atoms with Gasteiger partial charge in [-0.15, -0.1) is 23.2 Å². The minimum Gasteiger partial charge on any atom is -0.480 e. The summed E-state index contributed by atoms with van der Waals surface area (Å²) >= 11 is 9.53. The fraction of sp³-hybridized carbons (Fsp3) is 0.628. The highest BCUT2D eigenvalue weighted by Crippen LogP contribution is 2.14. The number of carboxylic acids is 1. The van der Waals surface area contributed by atoms with Gasteiger partial charge in [-0.05, 0) is 88.8 Å². The summed E-state index contributed by atoms with van der Waals surface area (Å²) in [6.45, 7) is 15.8. The van der Waals surface area contributed by atoms with Gasteiger partial charge in [0.15, 0.2) is 0 Å². The SMILES string of the molecule is C1CCNCC1.CCN(CC)CC.CCc1cc(=O)oc2c1c(=O)n(CC(=O)N1CCCCC1)c(=O)n2COC.CCc1cc(=O)oc2c1c(=O)n(CC(=O)O)c(=O)n2COC.ClCCl. The predicted molar refractivity (Wildman–Crippen MR) is 250 cm³/mol. The second kappa shape index (κ2) is 29.6. The summed E-state index contributed by atoms with van der Waals surface area (Å²) in [6.07, 6.45) is 7.86. The maximum atomic E-state index is 13.0. The van der Waals surface area contributed by atoms with Crippen molar-refractivity contribution in [2.45, 2.75) is 113 Å². The van der Waals surface area contributed by atoms with Gasteiger partial charge in [-0.1, -0.05) is 41.0 Å². The van der Waals surface area contributed by atoms with E-state index in [1.807, 2.05) is 0 Å². The number of carboxylic acid groups (broad SMARTS) is 1. The molecule has 364 valence electrons. The third-order valence-corrected chi connectivity index (χ3v) is 10.5. The molecule has 1 amide bonds. The van der Waals surface area contributed by atoms with Gasteiger partial charge in [0.05, 0.1) is 5.34 Å². The third kappa shape index (κ3) is 16.2. The second-order valence-electron chi connectivity index (χ2n) is 14.7. The number of aliphatic carboxylic acids is 1. The Labute approximate surface area is 386 Å². The number of carbonyl (C=O) groups excluding carboxylic acids is 1. The first-order valence-electron chi connectivity index (χ1n) is 21.8. The van der Waals surface area contributed by atoms with Gasteiger partial charge in [-0.3, -0.25) is 19.2 Å². The van der Waals surface area contributed by atoms with Gasteiger partial charge in [0.2, 0.25) is 17.3 Å². The highest BCUT2D eigenvalue weighted by molar-refractivity contribution is 6.40. The highest BCUT2D eigenvalue weighted by Gasteiger charge is 2.24. The van der Waals surface area contributed by atoms with Gasteiger partial charge in [0.25, 0.3) is 11.1 Å². The molecule has 2 fully saturated rings. The third-order valence-electron chi connectivity index (χ3n) is 10.5. The standard InChI is InChI=1S/C18H23N3O6.C13H14N2O7.C6H15N.C5H11N.CH2Cl2/c1-3-12-9-14(23)27-17-15(12)16(24)20(18(25)21(17)11-26-2)10-13(22)19-7-5-4-6-8-19;1-3-7-4-9(18)22-12-10(7)11(19)14(5-8(16)17)13(20)15(12)6-21-2;1-4-7(5-2)6-3;1-2-4-6-5-3-1;2-1-3/h9H,3-8,10-11H2,1-2H3;4H,3,5-6H2,1-2H3,(H,16,17);4-6H2,1-3H3;6H,1-5H2;1H2. The van der Waals surface area contributed by atoms with Crippen molar-refractivity contribution in [2.75, 3.05) is 65.4 Å². The van der Waals surface area contributed by atoms with E-state index < -0.39 is 46.3 Å². The van der Waals surface area contributed by atoms with Crippen LogP contribution in [0.4, 0.5) is 0 Å². The molecular weight excluding hydrogens is 893 g/mol. The summed E-state index contributed by atoms with van der Waals surface area (Å²) in [5.41, 5.74) is -3.96. The number of aromatic nitrogens is 4. The van der Waals surface area contributed by atoms with E-state index in [9.17, 15) is 38.4 Å². The molecule has 6 rings (SSSR count). The van der Waals surface area contributed by atoms with Gasteiger partial charge >= 0.3 is 28.6 Å². The van der Waals surface area contributed by atoms with Crippen LogP contribution in [0.5, 0.6) is 0 Å². The second-order valence-corrected chi connectivity index (χ2v) is 15.5. The number of amides is 1. The molecule has 20 nitrogen and oxygen atoms in total. The first-order valence-corrected chi connectivity index (χ1v) is 22.8. The van der Waals surface area contributed by atoms with Gasteiger partial charge in [0, 0.05) is 39.4 Å². The molecule has 0 spiro atoms. The number of carbonyl (C=O) groups is 2. The van der Waals surface area contributed by atoms with Crippen molar-refractivity contribution < 1.29 is 33.0 Å². The molecule has 0 saturated carbocycles. The van der Waals surface area contributed by atoms with Gasteiger partial charge in [-0.2, -0.15) is 0 Å². The number of hydrogen-bond donors (Lipinski definition) is 2. The zero-order valence-corrected chi connectivity index (χ0v) is 40.1. The summed E-state index contributed by atoms with van der Waals surface area (Å²) in [6, 6.07) is 2.39. The summed E-state index contributed by atoms with van der Waals surface area (Å²) < 4.78 is 23.5. The molecule has 0 bridgehead atoms. The molecule has 0 aliphatic carbocycles. The first-order chi connectivity index (χ1) is 31.1. The van der Waals surface area contributed by atoms with E-state index in [0.29, 0.717) is 41.6 Å². The zero-order chi connectivity index (χ0) is 48.6. The molecule has 4 aromatic heterocycles. The van der Waals surface area contributed by atoms with Crippen molar-refractivity contribution in [1.29, 1.82) is 0 Å². The molecular formula is C43H65Cl2N7O13. The molecule has 2 aliphatic heterocycles. The lowest BCUT2D eigenvalue weighted by Gasteiger charge is -2.27. The Morgan fingerprint density at radius 1 is 0.662 bits per heavy atom. The van der Waals surface area contributed by atoms with Crippen molar-refractivity contribution >= 4 is 57.3 Å². The minimum atomic E-state index is -1.34. The largest absolute Gasteiger partial charge is 0.480 e. The van der Waals surface area contributed by atoms with Crippen molar-refractivity contribution in [3.8, 4) is 0 Å². The van der Waals surface area contributed by atoms with E-state index in [2.05, 4.69) is 31.0 Å². The molecule has 0 atom stereocenters. The normalized spacial score (nSPS) is 13.4. The smallest absolute Gasteiger partial charge is 0.337 e. The fourth-order valence-electron chi connectivity index (χ4n) is 7.11. The number of piperidine rings is 2. The van der Waals surface area contributed by atoms with Crippen LogP contribution >= 0.6 is 23.2 Å². The maximum Gasteiger partial charge on any atom is 0.337 e. The Hall–Kier alpha value is -4.86. The number of nitrogens with one attached hydrogen (secondary N) is 1. The number of halogens is 2. The Balaban J connectivity index is 0.000000338. The Morgan fingerprint density at radius 3 is 1.37 bits per heavy atom. The molecule has 0 radical (unpaired) electrons. The van der Waals surface area contributed by atoms with Crippen LogP contribution < -0.4 is 39.1 Å². The summed E-state index contributed by atoms with van der Waals surface area (Å²) in [5, 5.41) is 12.5. The van der Waals surface area contributed by atoms with Crippen LogP contribution in [0.3, 0.4) is 0 Å². The van der Waals surface area contributed by atoms with E-state index in [-0.39, 0.29) is 53.5 Å². The topological polar surface area (TPSA) is 240 Å². The molecule has 0 aromatic carbocycles. The number of rotatable bonds is 13.